The van der Waals surface area contributed by atoms with Gasteiger partial charge in [-0.05, 0) is 44.5 Å². The third-order valence-electron chi connectivity index (χ3n) is 2.73. The van der Waals surface area contributed by atoms with Gasteiger partial charge in [-0.2, -0.15) is 0 Å². The standard InChI is InChI=1S/C16H23N3O4/c1-11(2)23-10-4-9-17-15(21)16(22)19-14-7-5-13(6-8-14)18-12(3)20/h5-8,11H,4,9-10H2,1-3H3,(H,17,21)(H,18,20)(H,19,22). The van der Waals surface area contributed by atoms with E-state index in [-0.39, 0.29) is 12.0 Å². The lowest BCUT2D eigenvalue weighted by Crippen LogP contribution is -2.36. The quantitative estimate of drug-likeness (QED) is 0.524. The summed E-state index contributed by atoms with van der Waals surface area (Å²) in [6.45, 7) is 6.18. The van der Waals surface area contributed by atoms with Crippen LogP contribution in [0.4, 0.5) is 11.4 Å². The van der Waals surface area contributed by atoms with Crippen molar-refractivity contribution in [3.63, 3.8) is 0 Å². The molecule has 0 aromatic heterocycles. The molecule has 0 radical (unpaired) electrons. The minimum Gasteiger partial charge on any atom is -0.379 e. The first-order valence-electron chi connectivity index (χ1n) is 7.47. The summed E-state index contributed by atoms with van der Waals surface area (Å²) < 4.78 is 5.34. The third kappa shape index (κ3) is 7.96. The third-order valence-corrected chi connectivity index (χ3v) is 2.73. The van der Waals surface area contributed by atoms with E-state index in [1.165, 1.54) is 6.92 Å². The molecule has 126 valence electrons. The van der Waals surface area contributed by atoms with Gasteiger partial charge < -0.3 is 20.7 Å². The Balaban J connectivity index is 2.34. The van der Waals surface area contributed by atoms with Gasteiger partial charge in [0.15, 0.2) is 0 Å². The highest BCUT2D eigenvalue weighted by atomic mass is 16.5. The number of benzene rings is 1. The Kier molecular flexibility index (Phi) is 7.76. The summed E-state index contributed by atoms with van der Waals surface area (Å²) in [4.78, 5) is 34.3. The second-order valence-corrected chi connectivity index (χ2v) is 5.24. The number of hydrogen-bond acceptors (Lipinski definition) is 4. The first kappa shape index (κ1) is 18.6. The van der Waals surface area contributed by atoms with Gasteiger partial charge in [-0.1, -0.05) is 0 Å². The molecule has 0 saturated heterocycles. The molecule has 0 unspecified atom stereocenters. The van der Waals surface area contributed by atoms with Crippen LogP contribution in [0.15, 0.2) is 24.3 Å². The Morgan fingerprint density at radius 2 is 1.57 bits per heavy atom. The predicted molar refractivity (Wildman–Crippen MR) is 88.1 cm³/mol. The molecule has 23 heavy (non-hydrogen) atoms. The van der Waals surface area contributed by atoms with Crippen molar-refractivity contribution in [3.05, 3.63) is 24.3 Å². The topological polar surface area (TPSA) is 96.5 Å². The molecule has 0 atom stereocenters. The first-order valence-corrected chi connectivity index (χ1v) is 7.47. The second kappa shape index (κ2) is 9.58. The Bertz CT molecular complexity index is 541. The highest BCUT2D eigenvalue weighted by Gasteiger charge is 2.12. The predicted octanol–water partition coefficient (Wildman–Crippen LogP) is 1.51. The van der Waals surface area contributed by atoms with Crippen LogP contribution in [0.5, 0.6) is 0 Å². The molecule has 3 N–H and O–H groups in total. The molecule has 0 spiro atoms. The smallest absolute Gasteiger partial charge is 0.313 e. The molecule has 0 aliphatic heterocycles. The molecule has 0 aliphatic carbocycles. The largest absolute Gasteiger partial charge is 0.379 e. The van der Waals surface area contributed by atoms with Crippen molar-refractivity contribution in [3.8, 4) is 0 Å². The van der Waals surface area contributed by atoms with E-state index in [2.05, 4.69) is 16.0 Å². The number of carbonyl (C=O) groups is 3. The molecule has 0 bridgehead atoms. The van der Waals surface area contributed by atoms with Gasteiger partial charge in [-0.25, -0.2) is 0 Å². The molecule has 0 aliphatic rings. The molecule has 1 aromatic carbocycles. The summed E-state index contributed by atoms with van der Waals surface area (Å²) in [7, 11) is 0. The van der Waals surface area contributed by atoms with E-state index in [9.17, 15) is 14.4 Å². The van der Waals surface area contributed by atoms with Gasteiger partial charge in [0.1, 0.15) is 0 Å². The summed E-state index contributed by atoms with van der Waals surface area (Å²) in [5.74, 6) is -1.61. The molecule has 0 heterocycles. The fraction of sp³-hybridized carbons (Fsp3) is 0.438. The Morgan fingerprint density at radius 3 is 2.09 bits per heavy atom. The van der Waals surface area contributed by atoms with Crippen LogP contribution in [0, 0.1) is 0 Å². The van der Waals surface area contributed by atoms with Crippen LogP contribution < -0.4 is 16.0 Å². The monoisotopic (exact) mass is 321 g/mol. The van der Waals surface area contributed by atoms with Crippen LogP contribution in [0.1, 0.15) is 27.2 Å². The van der Waals surface area contributed by atoms with E-state index < -0.39 is 11.8 Å². The normalized spacial score (nSPS) is 10.3. The maximum Gasteiger partial charge on any atom is 0.313 e. The number of anilines is 2. The first-order chi connectivity index (χ1) is 10.9. The van der Waals surface area contributed by atoms with Crippen LogP contribution in [0.3, 0.4) is 0 Å². The van der Waals surface area contributed by atoms with Crippen molar-refractivity contribution < 1.29 is 19.1 Å². The number of nitrogens with one attached hydrogen (secondary N) is 3. The van der Waals surface area contributed by atoms with E-state index in [1.807, 2.05) is 13.8 Å². The number of hydrogen-bond donors (Lipinski definition) is 3. The minimum absolute atomic E-state index is 0.148. The van der Waals surface area contributed by atoms with Crippen LogP contribution in [0.2, 0.25) is 0 Å². The molecule has 7 nitrogen and oxygen atoms in total. The average Bonchev–Trinajstić information content (AvgIpc) is 2.47. The highest BCUT2D eigenvalue weighted by Crippen LogP contribution is 2.13. The van der Waals surface area contributed by atoms with Gasteiger partial charge in [0.05, 0.1) is 6.10 Å². The molecule has 3 amide bonds. The van der Waals surface area contributed by atoms with Crippen molar-refractivity contribution >= 4 is 29.1 Å². The summed E-state index contributed by atoms with van der Waals surface area (Å²) in [5, 5.41) is 7.63. The van der Waals surface area contributed by atoms with Crippen molar-refractivity contribution in [2.45, 2.75) is 33.3 Å². The second-order valence-electron chi connectivity index (χ2n) is 5.24. The Labute approximate surface area is 135 Å². The van der Waals surface area contributed by atoms with Crippen molar-refractivity contribution in [2.75, 3.05) is 23.8 Å². The number of rotatable bonds is 7. The van der Waals surface area contributed by atoms with Gasteiger partial charge >= 0.3 is 11.8 Å². The number of amides is 3. The van der Waals surface area contributed by atoms with Gasteiger partial charge in [0, 0.05) is 31.5 Å². The van der Waals surface area contributed by atoms with Gasteiger partial charge in [-0.15, -0.1) is 0 Å². The maximum atomic E-state index is 11.7. The zero-order valence-electron chi connectivity index (χ0n) is 13.6. The maximum absolute atomic E-state index is 11.7. The SMILES string of the molecule is CC(=O)Nc1ccc(NC(=O)C(=O)NCCCOC(C)C)cc1. The summed E-state index contributed by atoms with van der Waals surface area (Å²) >= 11 is 0. The van der Waals surface area contributed by atoms with E-state index >= 15 is 0 Å². The van der Waals surface area contributed by atoms with Gasteiger partial charge in [-0.3, -0.25) is 14.4 Å². The van der Waals surface area contributed by atoms with E-state index in [1.54, 1.807) is 24.3 Å². The summed E-state index contributed by atoms with van der Waals surface area (Å²) in [5.41, 5.74) is 1.09. The van der Waals surface area contributed by atoms with E-state index in [0.29, 0.717) is 30.9 Å². The molecular weight excluding hydrogens is 298 g/mol. The van der Waals surface area contributed by atoms with Crippen molar-refractivity contribution in [1.82, 2.24) is 5.32 Å². The number of carbonyl (C=O) groups excluding carboxylic acids is 3. The zero-order valence-corrected chi connectivity index (χ0v) is 13.6. The molecule has 1 rings (SSSR count). The summed E-state index contributed by atoms with van der Waals surface area (Å²) in [6.07, 6.45) is 0.789. The lowest BCUT2D eigenvalue weighted by molar-refractivity contribution is -0.136. The Hall–Kier alpha value is -2.41. The van der Waals surface area contributed by atoms with Crippen LogP contribution >= 0.6 is 0 Å². The molecule has 0 saturated carbocycles. The zero-order chi connectivity index (χ0) is 17.2. The molecule has 0 fully saturated rings. The van der Waals surface area contributed by atoms with Crippen molar-refractivity contribution in [2.24, 2.45) is 0 Å². The molecule has 7 heteroatoms. The van der Waals surface area contributed by atoms with E-state index in [0.717, 1.165) is 0 Å². The minimum atomic E-state index is -0.734. The fourth-order valence-corrected chi connectivity index (χ4v) is 1.70. The van der Waals surface area contributed by atoms with Crippen LogP contribution in [-0.2, 0) is 19.1 Å². The number of ether oxygens (including phenoxy) is 1. The summed E-state index contributed by atoms with van der Waals surface area (Å²) in [6, 6.07) is 6.48. The van der Waals surface area contributed by atoms with E-state index in [4.69, 9.17) is 4.74 Å². The fourth-order valence-electron chi connectivity index (χ4n) is 1.70. The average molecular weight is 321 g/mol. The van der Waals surface area contributed by atoms with Gasteiger partial charge in [0.25, 0.3) is 0 Å². The Morgan fingerprint density at radius 1 is 1.00 bits per heavy atom. The molecule has 1 aromatic rings. The highest BCUT2D eigenvalue weighted by molar-refractivity contribution is 6.39. The van der Waals surface area contributed by atoms with Crippen molar-refractivity contribution in [1.29, 1.82) is 0 Å². The van der Waals surface area contributed by atoms with Crippen LogP contribution in [-0.4, -0.2) is 37.0 Å². The van der Waals surface area contributed by atoms with Gasteiger partial charge in [0.2, 0.25) is 5.91 Å². The lowest BCUT2D eigenvalue weighted by atomic mass is 10.2. The molecular formula is C16H23N3O4. The lowest BCUT2D eigenvalue weighted by Gasteiger charge is -2.09. The van der Waals surface area contributed by atoms with Crippen LogP contribution in [0.25, 0.3) is 0 Å².